The van der Waals surface area contributed by atoms with Gasteiger partial charge in [-0.1, -0.05) is 11.6 Å². The number of pyridine rings is 2. The molecule has 0 unspecified atom stereocenters. The molecule has 3 amide bonds. The Bertz CT molecular complexity index is 1500. The normalized spacial score (nSPS) is 10.9. The summed E-state index contributed by atoms with van der Waals surface area (Å²) in [6, 6.07) is 10.9. The molecule has 202 valence electrons. The summed E-state index contributed by atoms with van der Waals surface area (Å²) >= 11 is 5.88. The number of halogens is 1. The van der Waals surface area contributed by atoms with Gasteiger partial charge in [-0.05, 0) is 50.5 Å². The van der Waals surface area contributed by atoms with Crippen molar-refractivity contribution >= 4 is 51.8 Å². The van der Waals surface area contributed by atoms with Crippen LogP contribution in [0.5, 0.6) is 5.88 Å². The number of hydrogen-bond donors (Lipinski definition) is 2. The topological polar surface area (TPSA) is 130 Å². The molecule has 0 aliphatic rings. The van der Waals surface area contributed by atoms with E-state index in [2.05, 4.69) is 20.6 Å². The first-order chi connectivity index (χ1) is 18.7. The highest BCUT2D eigenvalue weighted by Gasteiger charge is 2.26. The van der Waals surface area contributed by atoms with E-state index in [1.165, 1.54) is 37.7 Å². The maximum atomic E-state index is 13.2. The number of fused-ring (bicyclic) bond motifs is 1. The average molecular weight is 551 g/mol. The van der Waals surface area contributed by atoms with E-state index in [4.69, 9.17) is 20.8 Å². The minimum Gasteiger partial charge on any atom is -0.480 e. The summed E-state index contributed by atoms with van der Waals surface area (Å²) in [7, 11) is 7.02. The van der Waals surface area contributed by atoms with Gasteiger partial charge in [-0.15, -0.1) is 0 Å². The molecule has 4 aromatic rings. The zero-order chi connectivity index (χ0) is 28.1. The molecule has 3 aromatic heterocycles. The van der Waals surface area contributed by atoms with Crippen LogP contribution in [0.1, 0.15) is 31.3 Å². The molecule has 3 heterocycles. The molecule has 12 heteroatoms. The lowest BCUT2D eigenvalue weighted by atomic mass is 10.1. The van der Waals surface area contributed by atoms with Gasteiger partial charge in [0.2, 0.25) is 11.6 Å². The van der Waals surface area contributed by atoms with Crippen molar-refractivity contribution in [2.45, 2.75) is 0 Å². The van der Waals surface area contributed by atoms with E-state index in [9.17, 15) is 14.4 Å². The molecule has 0 radical (unpaired) electrons. The number of furan rings is 1. The molecular formula is C27H27ClN6O5. The van der Waals surface area contributed by atoms with Crippen LogP contribution in [0.2, 0.25) is 5.02 Å². The van der Waals surface area contributed by atoms with E-state index >= 15 is 0 Å². The Hall–Kier alpha value is -4.48. The Balaban J connectivity index is 1.60. The van der Waals surface area contributed by atoms with Crippen molar-refractivity contribution in [1.29, 1.82) is 0 Å². The van der Waals surface area contributed by atoms with Crippen LogP contribution in [0.3, 0.4) is 0 Å². The highest BCUT2D eigenvalue weighted by atomic mass is 35.5. The monoisotopic (exact) mass is 550 g/mol. The number of anilines is 2. The zero-order valence-corrected chi connectivity index (χ0v) is 22.6. The molecule has 4 rings (SSSR count). The van der Waals surface area contributed by atoms with Crippen molar-refractivity contribution < 1.29 is 23.5 Å². The fourth-order valence-electron chi connectivity index (χ4n) is 3.69. The first kappa shape index (κ1) is 27.6. The van der Waals surface area contributed by atoms with Crippen LogP contribution in [0.4, 0.5) is 11.5 Å². The number of carbonyl (C=O) groups excluding carboxylic acids is 3. The Morgan fingerprint density at radius 1 is 0.923 bits per heavy atom. The van der Waals surface area contributed by atoms with Gasteiger partial charge in [0.25, 0.3) is 17.7 Å². The van der Waals surface area contributed by atoms with Crippen LogP contribution in [-0.4, -0.2) is 78.8 Å². The summed E-state index contributed by atoms with van der Waals surface area (Å²) < 4.78 is 11.2. The predicted molar refractivity (Wildman–Crippen MR) is 148 cm³/mol. The highest BCUT2D eigenvalue weighted by Crippen LogP contribution is 2.37. The third kappa shape index (κ3) is 6.33. The first-order valence-corrected chi connectivity index (χ1v) is 12.3. The largest absolute Gasteiger partial charge is 0.480 e. The number of ether oxygens (including phenoxy) is 1. The lowest BCUT2D eigenvalue weighted by Gasteiger charge is -2.19. The van der Waals surface area contributed by atoms with Crippen molar-refractivity contribution in [3.8, 4) is 5.88 Å². The van der Waals surface area contributed by atoms with Crippen LogP contribution in [0.15, 0.2) is 59.3 Å². The number of methoxy groups -OCH3 is 1. The molecular weight excluding hydrogens is 524 g/mol. The summed E-state index contributed by atoms with van der Waals surface area (Å²) in [5, 5.41) is 6.10. The van der Waals surface area contributed by atoms with E-state index in [0.717, 1.165) is 6.54 Å². The lowest BCUT2D eigenvalue weighted by molar-refractivity contribution is 0.0785. The lowest BCUT2D eigenvalue weighted by Crippen LogP contribution is -2.33. The molecule has 0 saturated carbocycles. The number of rotatable bonds is 9. The number of benzene rings is 1. The molecule has 0 saturated heterocycles. The van der Waals surface area contributed by atoms with Crippen molar-refractivity contribution in [2.75, 3.05) is 52.0 Å². The van der Waals surface area contributed by atoms with Crippen LogP contribution < -0.4 is 15.4 Å². The molecule has 0 bridgehead atoms. The molecule has 0 atom stereocenters. The van der Waals surface area contributed by atoms with Crippen molar-refractivity contribution in [1.82, 2.24) is 19.8 Å². The fraction of sp³-hybridized carbons (Fsp3) is 0.222. The smallest absolute Gasteiger partial charge is 0.294 e. The first-order valence-electron chi connectivity index (χ1n) is 11.9. The second kappa shape index (κ2) is 11.9. The van der Waals surface area contributed by atoms with Crippen LogP contribution in [0.25, 0.3) is 11.0 Å². The minimum atomic E-state index is -0.653. The SMILES string of the molecule is COc1nccc2oc(C(=O)Nc3ccc(Cl)cn3)c(NC(=O)c3ccc(C(=O)N(C)CCN(C)C)cc3)c12. The van der Waals surface area contributed by atoms with Gasteiger partial charge in [0.1, 0.15) is 22.5 Å². The predicted octanol–water partition coefficient (Wildman–Crippen LogP) is 4.02. The second-order valence-corrected chi connectivity index (χ2v) is 9.31. The van der Waals surface area contributed by atoms with Gasteiger partial charge < -0.3 is 29.6 Å². The van der Waals surface area contributed by atoms with Gasteiger partial charge in [-0.2, -0.15) is 0 Å². The summed E-state index contributed by atoms with van der Waals surface area (Å²) in [5.41, 5.74) is 1.08. The fourth-order valence-corrected chi connectivity index (χ4v) is 3.81. The Labute approximate surface area is 229 Å². The van der Waals surface area contributed by atoms with E-state index in [-0.39, 0.29) is 40.2 Å². The number of likely N-dealkylation sites (N-methyl/N-ethyl adjacent to an activating group) is 2. The number of amides is 3. The maximum Gasteiger partial charge on any atom is 0.294 e. The quantitative estimate of drug-likeness (QED) is 0.319. The molecule has 0 aliphatic heterocycles. The average Bonchev–Trinajstić information content (AvgIpc) is 3.31. The third-order valence-electron chi connectivity index (χ3n) is 5.80. The van der Waals surface area contributed by atoms with Gasteiger partial charge in [0, 0.05) is 49.7 Å². The third-order valence-corrected chi connectivity index (χ3v) is 6.02. The molecule has 0 fully saturated rings. The minimum absolute atomic E-state index is 0.0787. The maximum absolute atomic E-state index is 13.2. The van der Waals surface area contributed by atoms with Gasteiger partial charge in [0.15, 0.2) is 0 Å². The number of hydrogen-bond acceptors (Lipinski definition) is 8. The summed E-state index contributed by atoms with van der Waals surface area (Å²) in [6.45, 7) is 1.29. The standard InChI is InChI=1S/C27H27ClN6O5/c1-33(2)13-14-34(3)27(37)17-7-5-16(6-8-17)24(35)32-22-21-19(11-12-29-26(21)38-4)39-23(22)25(36)31-20-10-9-18(28)15-30-20/h5-12,15H,13-14H2,1-4H3,(H,32,35)(H,30,31,36). The van der Waals surface area contributed by atoms with E-state index in [1.807, 2.05) is 19.0 Å². The number of aromatic nitrogens is 2. The molecule has 1 aromatic carbocycles. The zero-order valence-electron chi connectivity index (χ0n) is 21.8. The summed E-state index contributed by atoms with van der Waals surface area (Å²) in [6.07, 6.45) is 2.85. The second-order valence-electron chi connectivity index (χ2n) is 8.88. The molecule has 2 N–H and O–H groups in total. The Morgan fingerprint density at radius 3 is 2.28 bits per heavy atom. The molecule has 0 aliphatic carbocycles. The van der Waals surface area contributed by atoms with Crippen LogP contribution >= 0.6 is 11.6 Å². The summed E-state index contributed by atoms with van der Waals surface area (Å²) in [4.78, 5) is 50.9. The Morgan fingerprint density at radius 2 is 1.64 bits per heavy atom. The van der Waals surface area contributed by atoms with Gasteiger partial charge in [-0.25, -0.2) is 9.97 Å². The van der Waals surface area contributed by atoms with E-state index < -0.39 is 11.8 Å². The highest BCUT2D eigenvalue weighted by molar-refractivity contribution is 6.30. The van der Waals surface area contributed by atoms with Gasteiger partial charge in [0.05, 0.1) is 12.1 Å². The van der Waals surface area contributed by atoms with Crippen molar-refractivity contribution in [3.05, 3.63) is 76.8 Å². The van der Waals surface area contributed by atoms with E-state index in [1.54, 1.807) is 36.2 Å². The number of carbonyl (C=O) groups is 3. The summed E-state index contributed by atoms with van der Waals surface area (Å²) in [5.74, 6) is -1.10. The van der Waals surface area contributed by atoms with Gasteiger partial charge >= 0.3 is 0 Å². The van der Waals surface area contributed by atoms with E-state index in [0.29, 0.717) is 22.5 Å². The number of nitrogens with zero attached hydrogens (tertiary/aromatic N) is 4. The van der Waals surface area contributed by atoms with Crippen LogP contribution in [-0.2, 0) is 0 Å². The molecule has 11 nitrogen and oxygen atoms in total. The molecule has 39 heavy (non-hydrogen) atoms. The van der Waals surface area contributed by atoms with Crippen molar-refractivity contribution in [2.24, 2.45) is 0 Å². The molecule has 0 spiro atoms. The van der Waals surface area contributed by atoms with Gasteiger partial charge in [-0.3, -0.25) is 14.4 Å². The van der Waals surface area contributed by atoms with Crippen molar-refractivity contribution in [3.63, 3.8) is 0 Å². The number of nitrogens with one attached hydrogen (secondary N) is 2. The van der Waals surface area contributed by atoms with Crippen LogP contribution in [0, 0.1) is 0 Å². The Kier molecular flexibility index (Phi) is 8.43.